The van der Waals surface area contributed by atoms with E-state index in [4.69, 9.17) is 0 Å². The fourth-order valence-electron chi connectivity index (χ4n) is 2.87. The summed E-state index contributed by atoms with van der Waals surface area (Å²) in [7, 11) is 0. The van der Waals surface area contributed by atoms with Crippen molar-refractivity contribution in [1.29, 1.82) is 0 Å². The van der Waals surface area contributed by atoms with Gasteiger partial charge in [-0.2, -0.15) is 11.3 Å². The molecule has 0 spiro atoms. The quantitative estimate of drug-likeness (QED) is 0.929. The van der Waals surface area contributed by atoms with Crippen molar-refractivity contribution in [3.8, 4) is 0 Å². The highest BCUT2D eigenvalue weighted by atomic mass is 32.1. The van der Waals surface area contributed by atoms with Gasteiger partial charge in [-0.25, -0.2) is 0 Å². The van der Waals surface area contributed by atoms with Crippen molar-refractivity contribution in [2.75, 3.05) is 13.1 Å². The molecule has 1 N–H and O–H groups in total. The van der Waals surface area contributed by atoms with E-state index in [1.807, 2.05) is 18.7 Å². The number of carbonyl (C=O) groups is 2. The summed E-state index contributed by atoms with van der Waals surface area (Å²) in [6.45, 7) is 6.96. The molecule has 1 saturated heterocycles. The van der Waals surface area contributed by atoms with Crippen LogP contribution >= 0.6 is 11.3 Å². The molecule has 2 rings (SSSR count). The summed E-state index contributed by atoms with van der Waals surface area (Å²) in [5.74, 6) is 0.591. The lowest BCUT2D eigenvalue weighted by Crippen LogP contribution is -2.52. The topological polar surface area (TPSA) is 49.4 Å². The number of amides is 2. The van der Waals surface area contributed by atoms with E-state index in [0.717, 1.165) is 25.9 Å². The minimum absolute atomic E-state index is 0.0592. The van der Waals surface area contributed by atoms with Gasteiger partial charge in [0.2, 0.25) is 11.8 Å². The first-order valence-corrected chi connectivity index (χ1v) is 8.51. The molecule has 5 heteroatoms. The number of hydrogen-bond acceptors (Lipinski definition) is 3. The van der Waals surface area contributed by atoms with Crippen molar-refractivity contribution in [2.45, 2.75) is 45.6 Å². The third-order valence-corrected chi connectivity index (χ3v) is 4.81. The Hall–Kier alpha value is -1.36. The molecule has 4 nitrogen and oxygen atoms in total. The van der Waals surface area contributed by atoms with Crippen molar-refractivity contribution in [1.82, 2.24) is 10.2 Å². The van der Waals surface area contributed by atoms with Crippen LogP contribution in [0.3, 0.4) is 0 Å². The van der Waals surface area contributed by atoms with Crippen LogP contribution in [-0.4, -0.2) is 35.8 Å². The lowest BCUT2D eigenvalue weighted by molar-refractivity contribution is -0.138. The molecule has 0 bridgehead atoms. The summed E-state index contributed by atoms with van der Waals surface area (Å²) in [5, 5.41) is 7.10. The average Bonchev–Trinajstić information content (AvgIpc) is 2.98. The molecule has 0 saturated carbocycles. The summed E-state index contributed by atoms with van der Waals surface area (Å²) < 4.78 is 0. The zero-order valence-electron chi connectivity index (χ0n) is 13.0. The molecule has 21 heavy (non-hydrogen) atoms. The number of hydrogen-bond donors (Lipinski definition) is 1. The van der Waals surface area contributed by atoms with E-state index < -0.39 is 6.04 Å². The fraction of sp³-hybridized carbons (Fsp3) is 0.625. The van der Waals surface area contributed by atoms with Crippen LogP contribution in [0.25, 0.3) is 0 Å². The van der Waals surface area contributed by atoms with E-state index in [-0.39, 0.29) is 17.7 Å². The van der Waals surface area contributed by atoms with Gasteiger partial charge in [-0.1, -0.05) is 13.8 Å². The molecular weight excluding hydrogens is 284 g/mol. The second-order valence-corrected chi connectivity index (χ2v) is 6.86. The van der Waals surface area contributed by atoms with Crippen molar-refractivity contribution in [2.24, 2.45) is 5.92 Å². The van der Waals surface area contributed by atoms with Crippen LogP contribution in [0.15, 0.2) is 16.8 Å². The number of nitrogens with one attached hydrogen (secondary N) is 1. The summed E-state index contributed by atoms with van der Waals surface area (Å²) in [5.41, 5.74) is 1.40. The van der Waals surface area contributed by atoms with Crippen molar-refractivity contribution < 1.29 is 9.59 Å². The van der Waals surface area contributed by atoms with Gasteiger partial charge in [-0.05, 0) is 47.1 Å². The first-order valence-electron chi connectivity index (χ1n) is 7.57. The maximum absolute atomic E-state index is 12.6. The normalized spacial score (nSPS) is 17.8. The number of thiophene rings is 1. The molecule has 1 atom stereocenters. The Labute approximate surface area is 130 Å². The second-order valence-electron chi connectivity index (χ2n) is 6.08. The van der Waals surface area contributed by atoms with Crippen LogP contribution in [-0.2, 0) is 9.59 Å². The molecule has 1 aliphatic rings. The first kappa shape index (κ1) is 16.0. The predicted molar refractivity (Wildman–Crippen MR) is 85.3 cm³/mol. The highest BCUT2D eigenvalue weighted by molar-refractivity contribution is 7.07. The molecule has 116 valence electrons. The molecule has 2 amide bonds. The Balaban J connectivity index is 1.94. The second kappa shape index (κ2) is 7.07. The van der Waals surface area contributed by atoms with E-state index in [1.165, 1.54) is 12.5 Å². The summed E-state index contributed by atoms with van der Waals surface area (Å²) in [6, 6.07) is 1.78. The SMILES string of the molecule is CC(=O)N[C@@H](C(=O)N1CCC(c2ccsc2)CC1)C(C)C. The van der Waals surface area contributed by atoms with E-state index in [0.29, 0.717) is 5.92 Å². The lowest BCUT2D eigenvalue weighted by atomic mass is 9.90. The molecule has 2 heterocycles. The zero-order chi connectivity index (χ0) is 15.4. The lowest BCUT2D eigenvalue weighted by Gasteiger charge is -2.35. The van der Waals surface area contributed by atoms with Crippen molar-refractivity contribution >= 4 is 23.2 Å². The molecule has 1 aromatic rings. The third kappa shape index (κ3) is 4.06. The zero-order valence-corrected chi connectivity index (χ0v) is 13.8. The summed E-state index contributed by atoms with van der Waals surface area (Å²) >= 11 is 1.73. The van der Waals surface area contributed by atoms with E-state index in [1.54, 1.807) is 11.3 Å². The molecule has 0 unspecified atom stereocenters. The van der Waals surface area contributed by atoms with E-state index in [9.17, 15) is 9.59 Å². The molecular formula is C16H24N2O2S. The molecule has 0 radical (unpaired) electrons. The monoisotopic (exact) mass is 308 g/mol. The van der Waals surface area contributed by atoms with E-state index >= 15 is 0 Å². The summed E-state index contributed by atoms with van der Waals surface area (Å²) in [6.07, 6.45) is 2.01. The Morgan fingerprint density at radius 3 is 2.48 bits per heavy atom. The maximum atomic E-state index is 12.6. The highest BCUT2D eigenvalue weighted by Gasteiger charge is 2.30. The Bertz CT molecular complexity index is 476. The van der Waals surface area contributed by atoms with Gasteiger partial charge < -0.3 is 10.2 Å². The Morgan fingerprint density at radius 2 is 2.00 bits per heavy atom. The fourth-order valence-corrected chi connectivity index (χ4v) is 3.61. The maximum Gasteiger partial charge on any atom is 0.245 e. The number of likely N-dealkylation sites (tertiary alicyclic amines) is 1. The first-order chi connectivity index (χ1) is 9.99. The molecule has 1 aromatic heterocycles. The van der Waals surface area contributed by atoms with Crippen LogP contribution in [0.1, 0.15) is 45.1 Å². The standard InChI is InChI=1S/C16H24N2O2S/c1-11(2)15(17-12(3)19)16(20)18-7-4-13(5-8-18)14-6-9-21-10-14/h6,9-11,13,15H,4-5,7-8H2,1-3H3,(H,17,19)/t15-/m1/s1. The number of carbonyl (C=O) groups excluding carboxylic acids is 2. The Morgan fingerprint density at radius 1 is 1.33 bits per heavy atom. The van der Waals surface area contributed by atoms with Gasteiger partial charge in [0.25, 0.3) is 0 Å². The molecule has 0 aromatic carbocycles. The van der Waals surface area contributed by atoms with Crippen molar-refractivity contribution in [3.63, 3.8) is 0 Å². The van der Waals surface area contributed by atoms with Crippen molar-refractivity contribution in [3.05, 3.63) is 22.4 Å². The third-order valence-electron chi connectivity index (χ3n) is 4.11. The number of piperidine rings is 1. The largest absolute Gasteiger partial charge is 0.344 e. The number of nitrogens with zero attached hydrogens (tertiary/aromatic N) is 1. The smallest absolute Gasteiger partial charge is 0.245 e. The van der Waals surface area contributed by atoms with Gasteiger partial charge >= 0.3 is 0 Å². The Kier molecular flexibility index (Phi) is 5.39. The average molecular weight is 308 g/mol. The van der Waals surface area contributed by atoms with Gasteiger partial charge in [0.05, 0.1) is 0 Å². The van der Waals surface area contributed by atoms with Gasteiger partial charge in [0.15, 0.2) is 0 Å². The van der Waals surface area contributed by atoms with Gasteiger partial charge in [0.1, 0.15) is 6.04 Å². The highest BCUT2D eigenvalue weighted by Crippen LogP contribution is 2.29. The van der Waals surface area contributed by atoms with Crippen LogP contribution in [0.2, 0.25) is 0 Å². The number of rotatable bonds is 4. The minimum atomic E-state index is -0.403. The van der Waals surface area contributed by atoms with Gasteiger partial charge in [0, 0.05) is 20.0 Å². The predicted octanol–water partition coefficient (Wildman–Crippen LogP) is 2.61. The molecule has 0 aliphatic carbocycles. The van der Waals surface area contributed by atoms with Gasteiger partial charge in [-0.15, -0.1) is 0 Å². The summed E-state index contributed by atoms with van der Waals surface area (Å²) in [4.78, 5) is 25.8. The van der Waals surface area contributed by atoms with Crippen LogP contribution < -0.4 is 5.32 Å². The molecule has 1 aliphatic heterocycles. The molecule has 1 fully saturated rings. The van der Waals surface area contributed by atoms with Gasteiger partial charge in [-0.3, -0.25) is 9.59 Å². The minimum Gasteiger partial charge on any atom is -0.344 e. The van der Waals surface area contributed by atoms with Crippen LogP contribution in [0.4, 0.5) is 0 Å². The van der Waals surface area contributed by atoms with Crippen LogP contribution in [0.5, 0.6) is 0 Å². The van der Waals surface area contributed by atoms with E-state index in [2.05, 4.69) is 22.1 Å². The van der Waals surface area contributed by atoms with Crippen LogP contribution in [0, 0.1) is 5.92 Å².